The average molecular weight is 256 g/mol. The summed E-state index contributed by atoms with van der Waals surface area (Å²) in [5, 5.41) is 11.7. The first-order valence-corrected chi connectivity index (χ1v) is 5.55. The van der Waals surface area contributed by atoms with Crippen molar-refractivity contribution in [2.24, 2.45) is 0 Å². The fourth-order valence-corrected chi connectivity index (χ4v) is 1.61. The van der Waals surface area contributed by atoms with E-state index in [2.05, 4.69) is 5.32 Å². The van der Waals surface area contributed by atoms with E-state index in [9.17, 15) is 9.59 Å². The van der Waals surface area contributed by atoms with Crippen LogP contribution in [0.2, 0.25) is 5.02 Å². The second-order valence-electron chi connectivity index (χ2n) is 3.88. The van der Waals surface area contributed by atoms with E-state index >= 15 is 0 Å². The number of nitrogens with one attached hydrogen (secondary N) is 1. The topological polar surface area (TPSA) is 66.4 Å². The van der Waals surface area contributed by atoms with Gasteiger partial charge >= 0.3 is 5.97 Å². The van der Waals surface area contributed by atoms with Crippen LogP contribution in [0.25, 0.3) is 0 Å². The molecule has 17 heavy (non-hydrogen) atoms. The van der Waals surface area contributed by atoms with Crippen molar-refractivity contribution in [2.75, 3.05) is 0 Å². The second kappa shape index (κ2) is 5.68. The highest BCUT2D eigenvalue weighted by Gasteiger charge is 2.14. The van der Waals surface area contributed by atoms with Gasteiger partial charge in [-0.2, -0.15) is 0 Å². The molecule has 1 rings (SSSR count). The number of carbonyl (C=O) groups is 2. The molecule has 1 amide bonds. The van der Waals surface area contributed by atoms with Gasteiger partial charge in [-0.05, 0) is 37.1 Å². The van der Waals surface area contributed by atoms with E-state index in [1.807, 2.05) is 6.92 Å². The smallest absolute Gasteiger partial charge is 0.325 e. The van der Waals surface area contributed by atoms with E-state index in [1.165, 1.54) is 6.92 Å². The molecule has 0 aliphatic rings. The first kappa shape index (κ1) is 13.5. The van der Waals surface area contributed by atoms with E-state index < -0.39 is 12.0 Å². The van der Waals surface area contributed by atoms with Gasteiger partial charge in [0.25, 0.3) is 0 Å². The Hall–Kier alpha value is -1.55. The Kier molecular flexibility index (Phi) is 4.52. The molecule has 4 nitrogen and oxygen atoms in total. The van der Waals surface area contributed by atoms with E-state index in [1.54, 1.807) is 18.2 Å². The van der Waals surface area contributed by atoms with Crippen LogP contribution < -0.4 is 5.32 Å². The number of rotatable bonds is 4. The first-order valence-electron chi connectivity index (χ1n) is 5.17. The summed E-state index contributed by atoms with van der Waals surface area (Å²) in [6, 6.07) is 4.36. The van der Waals surface area contributed by atoms with E-state index in [4.69, 9.17) is 16.7 Å². The van der Waals surface area contributed by atoms with Gasteiger partial charge in [0.05, 0.1) is 6.42 Å². The van der Waals surface area contributed by atoms with Crippen molar-refractivity contribution in [3.63, 3.8) is 0 Å². The quantitative estimate of drug-likeness (QED) is 0.862. The van der Waals surface area contributed by atoms with Crippen LogP contribution in [-0.4, -0.2) is 23.0 Å². The standard InChI is InChI=1S/C12H14ClNO3/c1-7-5-10(13)4-3-9(7)6-11(15)14-8(2)12(16)17/h3-5,8H,6H2,1-2H3,(H,14,15)(H,16,17). The van der Waals surface area contributed by atoms with Crippen LogP contribution in [-0.2, 0) is 16.0 Å². The maximum atomic E-state index is 11.6. The number of carbonyl (C=O) groups excluding carboxylic acids is 1. The van der Waals surface area contributed by atoms with Crippen LogP contribution in [0.15, 0.2) is 18.2 Å². The molecule has 0 fully saturated rings. The van der Waals surface area contributed by atoms with Gasteiger partial charge in [0.1, 0.15) is 6.04 Å². The summed E-state index contributed by atoms with van der Waals surface area (Å²) in [6.07, 6.45) is 0.153. The highest BCUT2D eigenvalue weighted by Crippen LogP contribution is 2.15. The summed E-state index contributed by atoms with van der Waals surface area (Å²) >= 11 is 5.80. The zero-order valence-corrected chi connectivity index (χ0v) is 10.4. The van der Waals surface area contributed by atoms with Crippen molar-refractivity contribution < 1.29 is 14.7 Å². The largest absolute Gasteiger partial charge is 0.480 e. The molecule has 1 unspecified atom stereocenters. The molecular formula is C12H14ClNO3. The summed E-state index contributed by atoms with van der Waals surface area (Å²) in [6.45, 7) is 3.28. The number of carboxylic acids is 1. The summed E-state index contributed by atoms with van der Waals surface area (Å²) < 4.78 is 0. The van der Waals surface area contributed by atoms with E-state index in [0.29, 0.717) is 5.02 Å². The van der Waals surface area contributed by atoms with Gasteiger partial charge in [-0.25, -0.2) is 0 Å². The summed E-state index contributed by atoms with van der Waals surface area (Å²) in [7, 11) is 0. The van der Waals surface area contributed by atoms with Crippen LogP contribution in [0.4, 0.5) is 0 Å². The van der Waals surface area contributed by atoms with Crippen molar-refractivity contribution in [3.05, 3.63) is 34.3 Å². The SMILES string of the molecule is Cc1cc(Cl)ccc1CC(=O)NC(C)C(=O)O. The lowest BCUT2D eigenvalue weighted by molar-refractivity contribution is -0.141. The lowest BCUT2D eigenvalue weighted by Crippen LogP contribution is -2.39. The minimum atomic E-state index is -1.05. The van der Waals surface area contributed by atoms with Gasteiger partial charge in [0.15, 0.2) is 0 Å². The van der Waals surface area contributed by atoms with Gasteiger partial charge in [0.2, 0.25) is 5.91 Å². The molecule has 2 N–H and O–H groups in total. The fraction of sp³-hybridized carbons (Fsp3) is 0.333. The van der Waals surface area contributed by atoms with Gasteiger partial charge in [0, 0.05) is 5.02 Å². The second-order valence-corrected chi connectivity index (χ2v) is 4.31. The third-order valence-corrected chi connectivity index (χ3v) is 2.64. The highest BCUT2D eigenvalue weighted by atomic mass is 35.5. The van der Waals surface area contributed by atoms with Gasteiger partial charge in [-0.3, -0.25) is 9.59 Å². The predicted octanol–water partition coefficient (Wildman–Crippen LogP) is 1.78. The first-order chi connectivity index (χ1) is 7.90. The number of hydrogen-bond acceptors (Lipinski definition) is 2. The van der Waals surface area contributed by atoms with Crippen molar-refractivity contribution >= 4 is 23.5 Å². The molecule has 0 spiro atoms. The van der Waals surface area contributed by atoms with Crippen LogP contribution >= 0.6 is 11.6 Å². The molecule has 92 valence electrons. The number of hydrogen-bond donors (Lipinski definition) is 2. The Bertz CT molecular complexity index is 445. The number of aryl methyl sites for hydroxylation is 1. The number of benzene rings is 1. The number of amides is 1. The zero-order valence-electron chi connectivity index (χ0n) is 9.66. The van der Waals surface area contributed by atoms with Crippen LogP contribution in [0.1, 0.15) is 18.1 Å². The maximum absolute atomic E-state index is 11.6. The zero-order chi connectivity index (χ0) is 13.0. The highest BCUT2D eigenvalue weighted by molar-refractivity contribution is 6.30. The Morgan fingerprint density at radius 2 is 2.12 bits per heavy atom. The molecule has 0 heterocycles. The number of halogens is 1. The Balaban J connectivity index is 2.65. The predicted molar refractivity (Wildman–Crippen MR) is 65.1 cm³/mol. The van der Waals surface area contributed by atoms with Crippen molar-refractivity contribution in [2.45, 2.75) is 26.3 Å². The van der Waals surface area contributed by atoms with Crippen molar-refractivity contribution in [1.82, 2.24) is 5.32 Å². The molecule has 0 bridgehead atoms. The van der Waals surface area contributed by atoms with Gasteiger partial charge in [-0.1, -0.05) is 17.7 Å². The molecule has 1 aromatic rings. The maximum Gasteiger partial charge on any atom is 0.325 e. The lowest BCUT2D eigenvalue weighted by Gasteiger charge is -2.10. The normalized spacial score (nSPS) is 11.9. The fourth-order valence-electron chi connectivity index (χ4n) is 1.38. The summed E-state index contributed by atoms with van der Waals surface area (Å²) in [4.78, 5) is 22.1. The molecule has 5 heteroatoms. The van der Waals surface area contributed by atoms with Gasteiger partial charge in [-0.15, -0.1) is 0 Å². The molecule has 0 radical (unpaired) electrons. The Morgan fingerprint density at radius 3 is 2.65 bits per heavy atom. The molecule has 1 aromatic carbocycles. The lowest BCUT2D eigenvalue weighted by atomic mass is 10.1. The van der Waals surface area contributed by atoms with Gasteiger partial charge < -0.3 is 10.4 Å². The molecule has 0 aliphatic carbocycles. The van der Waals surface area contributed by atoms with Crippen molar-refractivity contribution in [1.29, 1.82) is 0 Å². The molecule has 0 aromatic heterocycles. The van der Waals surface area contributed by atoms with Crippen LogP contribution in [0, 0.1) is 6.92 Å². The average Bonchev–Trinajstić information content (AvgIpc) is 2.22. The molecule has 0 aliphatic heterocycles. The minimum absolute atomic E-state index is 0.153. The third-order valence-electron chi connectivity index (χ3n) is 2.40. The molecule has 1 atom stereocenters. The monoisotopic (exact) mass is 255 g/mol. The van der Waals surface area contributed by atoms with E-state index in [0.717, 1.165) is 11.1 Å². The van der Waals surface area contributed by atoms with E-state index in [-0.39, 0.29) is 12.3 Å². The minimum Gasteiger partial charge on any atom is -0.480 e. The van der Waals surface area contributed by atoms with Crippen LogP contribution in [0.5, 0.6) is 0 Å². The number of carboxylic acid groups (broad SMARTS) is 1. The summed E-state index contributed by atoms with van der Waals surface area (Å²) in [5.41, 5.74) is 1.75. The van der Waals surface area contributed by atoms with Crippen molar-refractivity contribution in [3.8, 4) is 0 Å². The number of aliphatic carboxylic acids is 1. The third kappa shape index (κ3) is 4.07. The Labute approximate surface area is 105 Å². The molecular weight excluding hydrogens is 242 g/mol. The molecule has 0 saturated carbocycles. The Morgan fingerprint density at radius 1 is 1.47 bits per heavy atom. The summed E-state index contributed by atoms with van der Waals surface area (Å²) in [5.74, 6) is -1.36. The molecule has 0 saturated heterocycles. The van der Waals surface area contributed by atoms with Crippen LogP contribution in [0.3, 0.4) is 0 Å².